The molecule has 0 saturated heterocycles. The quantitative estimate of drug-likeness (QED) is 0.566. The average Bonchev–Trinajstić information content (AvgIpc) is 2.27. The topological polar surface area (TPSA) is 87.7 Å². The summed E-state index contributed by atoms with van der Waals surface area (Å²) >= 11 is 0. The first kappa shape index (κ1) is 14.8. The summed E-state index contributed by atoms with van der Waals surface area (Å²) in [6, 6.07) is -0.234. The van der Waals surface area contributed by atoms with E-state index in [0.717, 1.165) is 12.8 Å². The van der Waals surface area contributed by atoms with Gasteiger partial charge in [-0.3, -0.25) is 4.79 Å². The Morgan fingerprint density at radius 2 is 2.06 bits per heavy atom. The maximum atomic E-state index is 11.5. The van der Waals surface area contributed by atoms with Gasteiger partial charge in [0.15, 0.2) is 0 Å². The van der Waals surface area contributed by atoms with Crippen LogP contribution in [0.2, 0.25) is 0 Å². The summed E-state index contributed by atoms with van der Waals surface area (Å²) in [5.41, 5.74) is 0.104. The van der Waals surface area contributed by atoms with Crippen LogP contribution in [0.25, 0.3) is 0 Å². The lowest BCUT2D eigenvalue weighted by Crippen LogP contribution is -2.47. The van der Waals surface area contributed by atoms with Gasteiger partial charge in [-0.05, 0) is 19.3 Å². The third kappa shape index (κ3) is 4.91. The van der Waals surface area contributed by atoms with E-state index in [1.807, 2.05) is 0 Å². The molecule has 0 unspecified atom stereocenters. The summed E-state index contributed by atoms with van der Waals surface area (Å²) in [6.07, 6.45) is 3.88. The highest BCUT2D eigenvalue weighted by molar-refractivity contribution is 5.74. The van der Waals surface area contributed by atoms with Gasteiger partial charge in [-0.1, -0.05) is 6.42 Å². The van der Waals surface area contributed by atoms with Crippen LogP contribution >= 0.6 is 0 Å². The van der Waals surface area contributed by atoms with Crippen molar-refractivity contribution in [3.63, 3.8) is 0 Å². The Balaban J connectivity index is 2.10. The van der Waals surface area contributed by atoms with Crippen molar-refractivity contribution in [2.24, 2.45) is 5.41 Å². The zero-order valence-electron chi connectivity index (χ0n) is 10.8. The first-order valence-corrected chi connectivity index (χ1v) is 6.30. The number of hydrogen-bond acceptors (Lipinski definition) is 3. The molecular formula is C12H22N2O4. The van der Waals surface area contributed by atoms with Crippen LogP contribution in [0, 0.1) is 5.41 Å². The van der Waals surface area contributed by atoms with Crippen LogP contribution in [-0.2, 0) is 9.53 Å². The molecule has 6 heteroatoms. The van der Waals surface area contributed by atoms with Gasteiger partial charge >= 0.3 is 12.0 Å². The number of urea groups is 1. The molecule has 1 rings (SSSR count). The van der Waals surface area contributed by atoms with Crippen LogP contribution in [0.15, 0.2) is 0 Å². The van der Waals surface area contributed by atoms with Gasteiger partial charge in [0.2, 0.25) is 0 Å². The predicted molar refractivity (Wildman–Crippen MR) is 66.4 cm³/mol. The Morgan fingerprint density at radius 3 is 2.56 bits per heavy atom. The monoisotopic (exact) mass is 258 g/mol. The number of carbonyl (C=O) groups excluding carboxylic acids is 1. The lowest BCUT2D eigenvalue weighted by Gasteiger charge is -2.41. The van der Waals surface area contributed by atoms with Crippen LogP contribution in [-0.4, -0.2) is 43.9 Å². The SMILES string of the molecule is COCC1(CNC(=O)NCCCC(=O)O)CCC1. The van der Waals surface area contributed by atoms with Crippen molar-refractivity contribution in [3.8, 4) is 0 Å². The molecule has 0 atom stereocenters. The summed E-state index contributed by atoms with van der Waals surface area (Å²) < 4.78 is 5.17. The Morgan fingerprint density at radius 1 is 1.33 bits per heavy atom. The molecule has 6 nitrogen and oxygen atoms in total. The van der Waals surface area contributed by atoms with Crippen molar-refractivity contribution in [1.82, 2.24) is 10.6 Å². The fraction of sp³-hybridized carbons (Fsp3) is 0.833. The number of methoxy groups -OCH3 is 1. The molecule has 104 valence electrons. The number of amides is 2. The molecule has 1 fully saturated rings. The highest BCUT2D eigenvalue weighted by Crippen LogP contribution is 2.40. The maximum absolute atomic E-state index is 11.5. The second-order valence-corrected chi connectivity index (χ2v) is 4.89. The average molecular weight is 258 g/mol. The molecule has 1 aliphatic carbocycles. The van der Waals surface area contributed by atoms with Gasteiger partial charge in [-0.25, -0.2) is 4.79 Å². The number of rotatable bonds is 8. The van der Waals surface area contributed by atoms with Gasteiger partial charge in [-0.2, -0.15) is 0 Å². The van der Waals surface area contributed by atoms with E-state index in [2.05, 4.69) is 10.6 Å². The third-order valence-electron chi connectivity index (χ3n) is 3.34. The van der Waals surface area contributed by atoms with Gasteiger partial charge in [0.25, 0.3) is 0 Å². The predicted octanol–water partition coefficient (Wildman–Crippen LogP) is 0.967. The second kappa shape index (κ2) is 7.20. The molecule has 0 aromatic carbocycles. The fourth-order valence-electron chi connectivity index (χ4n) is 2.13. The summed E-state index contributed by atoms with van der Waals surface area (Å²) in [5, 5.41) is 13.9. The molecule has 3 N–H and O–H groups in total. The number of nitrogens with one attached hydrogen (secondary N) is 2. The van der Waals surface area contributed by atoms with E-state index in [9.17, 15) is 9.59 Å². The van der Waals surface area contributed by atoms with E-state index in [0.29, 0.717) is 26.1 Å². The summed E-state index contributed by atoms with van der Waals surface area (Å²) in [5.74, 6) is -0.842. The molecule has 0 aromatic rings. The van der Waals surface area contributed by atoms with Crippen LogP contribution in [0.1, 0.15) is 32.1 Å². The standard InChI is InChI=1S/C12H22N2O4/c1-18-9-12(5-3-6-12)8-14-11(17)13-7-2-4-10(15)16/h2-9H2,1H3,(H,15,16)(H2,13,14,17). The first-order chi connectivity index (χ1) is 8.58. The minimum absolute atomic E-state index is 0.0773. The van der Waals surface area contributed by atoms with Gasteiger partial charge in [0.1, 0.15) is 0 Å². The van der Waals surface area contributed by atoms with E-state index in [1.165, 1.54) is 6.42 Å². The molecule has 0 aromatic heterocycles. The lowest BCUT2D eigenvalue weighted by molar-refractivity contribution is -0.137. The molecule has 2 amide bonds. The van der Waals surface area contributed by atoms with Crippen molar-refractivity contribution in [3.05, 3.63) is 0 Å². The number of carbonyl (C=O) groups is 2. The maximum Gasteiger partial charge on any atom is 0.314 e. The fourth-order valence-corrected chi connectivity index (χ4v) is 2.13. The highest BCUT2D eigenvalue weighted by atomic mass is 16.5. The molecule has 0 bridgehead atoms. The number of ether oxygens (including phenoxy) is 1. The van der Waals surface area contributed by atoms with Gasteiger partial charge in [0.05, 0.1) is 6.61 Å². The minimum atomic E-state index is -0.842. The Bertz CT molecular complexity index is 290. The molecule has 18 heavy (non-hydrogen) atoms. The van der Waals surface area contributed by atoms with Crippen molar-refractivity contribution in [2.45, 2.75) is 32.1 Å². The summed E-state index contributed by atoms with van der Waals surface area (Å²) in [7, 11) is 1.67. The van der Waals surface area contributed by atoms with E-state index in [4.69, 9.17) is 9.84 Å². The van der Waals surface area contributed by atoms with Crippen molar-refractivity contribution in [2.75, 3.05) is 26.8 Å². The number of carboxylic acid groups (broad SMARTS) is 1. The van der Waals surface area contributed by atoms with Crippen LogP contribution in [0.3, 0.4) is 0 Å². The van der Waals surface area contributed by atoms with E-state index < -0.39 is 5.97 Å². The van der Waals surface area contributed by atoms with E-state index in [1.54, 1.807) is 7.11 Å². The Hall–Kier alpha value is -1.30. The van der Waals surface area contributed by atoms with Gasteiger partial charge in [0, 0.05) is 32.0 Å². The molecule has 0 heterocycles. The normalized spacial score (nSPS) is 16.7. The zero-order chi connectivity index (χ0) is 13.4. The molecule has 1 aliphatic rings. The Kier molecular flexibility index (Phi) is 5.91. The number of hydrogen-bond donors (Lipinski definition) is 3. The highest BCUT2D eigenvalue weighted by Gasteiger charge is 2.37. The second-order valence-electron chi connectivity index (χ2n) is 4.89. The zero-order valence-corrected chi connectivity index (χ0v) is 10.8. The number of carboxylic acids is 1. The third-order valence-corrected chi connectivity index (χ3v) is 3.34. The van der Waals surface area contributed by atoms with E-state index >= 15 is 0 Å². The van der Waals surface area contributed by atoms with Crippen LogP contribution in [0.4, 0.5) is 4.79 Å². The van der Waals surface area contributed by atoms with Crippen molar-refractivity contribution >= 4 is 12.0 Å². The molecule has 0 radical (unpaired) electrons. The smallest absolute Gasteiger partial charge is 0.314 e. The van der Waals surface area contributed by atoms with Crippen LogP contribution < -0.4 is 10.6 Å². The number of aliphatic carboxylic acids is 1. The largest absolute Gasteiger partial charge is 0.481 e. The van der Waals surface area contributed by atoms with Crippen molar-refractivity contribution in [1.29, 1.82) is 0 Å². The van der Waals surface area contributed by atoms with Crippen LogP contribution in [0.5, 0.6) is 0 Å². The van der Waals surface area contributed by atoms with Gasteiger partial charge in [-0.15, -0.1) is 0 Å². The molecule has 0 spiro atoms. The van der Waals surface area contributed by atoms with E-state index in [-0.39, 0.29) is 17.9 Å². The van der Waals surface area contributed by atoms with Crippen molar-refractivity contribution < 1.29 is 19.4 Å². The van der Waals surface area contributed by atoms with Gasteiger partial charge < -0.3 is 20.5 Å². The Labute approximate surface area is 107 Å². The summed E-state index contributed by atoms with van der Waals surface area (Å²) in [4.78, 5) is 21.7. The summed E-state index contributed by atoms with van der Waals surface area (Å²) in [6.45, 7) is 1.67. The first-order valence-electron chi connectivity index (χ1n) is 6.30. The lowest BCUT2D eigenvalue weighted by atomic mass is 9.69. The molecular weight excluding hydrogens is 236 g/mol. The molecule has 0 aliphatic heterocycles. The minimum Gasteiger partial charge on any atom is -0.481 e. The molecule has 1 saturated carbocycles.